The van der Waals surface area contributed by atoms with Gasteiger partial charge in [0, 0.05) is 5.56 Å². The Bertz CT molecular complexity index is 423. The normalized spacial score (nSPS) is 13.0. The first-order chi connectivity index (χ1) is 7.09. The molecule has 0 amide bonds. The second kappa shape index (κ2) is 5.10. The molecule has 0 aliphatic carbocycles. The number of rotatable bonds is 1. The molecule has 0 fully saturated rings. The van der Waals surface area contributed by atoms with Gasteiger partial charge in [-0.2, -0.15) is 0 Å². The van der Waals surface area contributed by atoms with Gasteiger partial charge in [-0.05, 0) is 18.6 Å². The van der Waals surface area contributed by atoms with Crippen LogP contribution in [-0.2, 0) is 0 Å². The number of hydrogen-bond acceptors (Lipinski definition) is 5. The fourth-order valence-corrected chi connectivity index (χ4v) is 1.48. The average Bonchev–Trinajstić information content (AvgIpc) is 2.16. The maximum absolute atomic E-state index is 10.9. The number of carboxylic acids is 1. The molecule has 0 bridgehead atoms. The smallest absolute Gasteiger partial charge is 0.545 e. The first kappa shape index (κ1) is 13.4. The number of carbonyl (C=O) groups is 1. The number of hydrogen-bond donors (Lipinski definition) is 1. The Morgan fingerprint density at radius 3 is 2.88 bits per heavy atom. The maximum atomic E-state index is 10.9. The van der Waals surface area contributed by atoms with Gasteiger partial charge in [0.15, 0.2) is 11.5 Å². The molecule has 0 atom stereocenters. The molecule has 2 rings (SSSR count). The largest absolute Gasteiger partial charge is 1.00 e. The van der Waals surface area contributed by atoms with Crippen molar-refractivity contribution in [1.29, 1.82) is 0 Å². The Hall–Kier alpha value is -0.685. The van der Waals surface area contributed by atoms with Crippen LogP contribution in [-0.4, -0.2) is 24.6 Å². The third-order valence-corrected chi connectivity index (χ3v) is 2.17. The van der Waals surface area contributed by atoms with Gasteiger partial charge in [0.05, 0.1) is 5.97 Å². The van der Waals surface area contributed by atoms with Crippen molar-refractivity contribution in [3.05, 3.63) is 23.3 Å². The summed E-state index contributed by atoms with van der Waals surface area (Å²) in [6.07, 6.45) is 0. The second-order valence-electron chi connectivity index (χ2n) is 3.26. The van der Waals surface area contributed by atoms with Crippen molar-refractivity contribution in [3.8, 4) is 11.5 Å². The first-order valence-electron chi connectivity index (χ1n) is 4.42. The number of ether oxygens (including phenoxy) is 1. The molecule has 1 N–H and O–H groups in total. The SMILES string of the molecule is Cc1ccc2c(c1C(=O)[O-])OB(O)CO2.[Na+]. The Balaban J connectivity index is 0.00000128. The molecule has 1 aliphatic heterocycles. The number of fused-ring (bicyclic) bond motifs is 1. The van der Waals surface area contributed by atoms with E-state index in [1.807, 2.05) is 0 Å². The molecule has 1 heterocycles. The number of aryl methyl sites for hydroxylation is 1. The summed E-state index contributed by atoms with van der Waals surface area (Å²) < 4.78 is 10.1. The van der Waals surface area contributed by atoms with Crippen molar-refractivity contribution >= 4 is 13.1 Å². The van der Waals surface area contributed by atoms with Gasteiger partial charge in [0.1, 0.15) is 6.51 Å². The summed E-state index contributed by atoms with van der Waals surface area (Å²) in [7, 11) is -1.14. The van der Waals surface area contributed by atoms with Crippen molar-refractivity contribution in [2.75, 3.05) is 6.51 Å². The molecule has 16 heavy (non-hydrogen) atoms. The molecule has 1 aliphatic rings. The predicted molar refractivity (Wildman–Crippen MR) is 49.6 cm³/mol. The Morgan fingerprint density at radius 2 is 2.25 bits per heavy atom. The summed E-state index contributed by atoms with van der Waals surface area (Å²) in [5, 5.41) is 20.1. The van der Waals surface area contributed by atoms with Crippen molar-refractivity contribution < 1.29 is 53.9 Å². The van der Waals surface area contributed by atoms with Crippen molar-refractivity contribution in [3.63, 3.8) is 0 Å². The third kappa shape index (κ3) is 2.35. The second-order valence-corrected chi connectivity index (χ2v) is 3.26. The van der Waals surface area contributed by atoms with Crippen LogP contribution in [0, 0.1) is 6.92 Å². The van der Waals surface area contributed by atoms with Crippen LogP contribution in [0.5, 0.6) is 11.5 Å². The minimum Gasteiger partial charge on any atom is -0.545 e. The number of carboxylic acid groups (broad SMARTS) is 1. The molecule has 0 saturated carbocycles. The van der Waals surface area contributed by atoms with Gasteiger partial charge >= 0.3 is 36.7 Å². The molecular weight excluding hydrogens is 222 g/mol. The van der Waals surface area contributed by atoms with Gasteiger partial charge in [0.25, 0.3) is 0 Å². The van der Waals surface area contributed by atoms with Crippen molar-refractivity contribution in [1.82, 2.24) is 0 Å². The van der Waals surface area contributed by atoms with E-state index in [1.54, 1.807) is 19.1 Å². The van der Waals surface area contributed by atoms with Crippen LogP contribution >= 0.6 is 0 Å². The van der Waals surface area contributed by atoms with Crippen molar-refractivity contribution in [2.45, 2.75) is 6.92 Å². The number of aromatic carboxylic acids is 1. The monoisotopic (exact) mass is 230 g/mol. The Labute approximate surface area is 115 Å². The van der Waals surface area contributed by atoms with E-state index in [1.165, 1.54) is 0 Å². The summed E-state index contributed by atoms with van der Waals surface area (Å²) in [6.45, 7) is 1.61. The molecule has 0 aromatic heterocycles. The van der Waals surface area contributed by atoms with Gasteiger partial charge in [-0.15, -0.1) is 0 Å². The van der Waals surface area contributed by atoms with Crippen LogP contribution in [0.4, 0.5) is 0 Å². The van der Waals surface area contributed by atoms with Crippen LogP contribution in [0.15, 0.2) is 12.1 Å². The quantitative estimate of drug-likeness (QED) is 0.500. The van der Waals surface area contributed by atoms with Gasteiger partial charge in [-0.3, -0.25) is 0 Å². The summed E-state index contributed by atoms with van der Waals surface area (Å²) in [5.41, 5.74) is 0.428. The predicted octanol–water partition coefficient (Wildman–Crippen LogP) is -3.85. The number of benzene rings is 1. The molecule has 0 unspecified atom stereocenters. The zero-order valence-corrected chi connectivity index (χ0v) is 11.0. The van der Waals surface area contributed by atoms with Gasteiger partial charge in [0.2, 0.25) is 0 Å². The van der Waals surface area contributed by atoms with Crippen LogP contribution in [0.1, 0.15) is 15.9 Å². The minimum absolute atomic E-state index is 0. The summed E-state index contributed by atoms with van der Waals surface area (Å²) in [6, 6.07) is 3.20. The van der Waals surface area contributed by atoms with E-state index >= 15 is 0 Å². The zero-order chi connectivity index (χ0) is 11.0. The fraction of sp³-hybridized carbons (Fsp3) is 0.222. The minimum atomic E-state index is -1.35. The molecule has 7 heteroatoms. The van der Waals surface area contributed by atoms with Crippen LogP contribution in [0.2, 0.25) is 0 Å². The third-order valence-electron chi connectivity index (χ3n) is 2.17. The average molecular weight is 230 g/mol. The van der Waals surface area contributed by atoms with Gasteiger partial charge in [-0.25, -0.2) is 0 Å². The van der Waals surface area contributed by atoms with Crippen LogP contribution in [0.25, 0.3) is 0 Å². The standard InChI is InChI=1S/C9H9BO5.Na/c1-5-2-3-6-8(7(5)9(11)12)15-10(13)4-14-6;/h2-3,13H,4H2,1H3,(H,11,12);/q;+1/p-1. The van der Waals surface area contributed by atoms with E-state index < -0.39 is 13.1 Å². The molecule has 1 aromatic carbocycles. The molecule has 5 nitrogen and oxygen atoms in total. The van der Waals surface area contributed by atoms with Gasteiger partial charge in [-0.1, -0.05) is 6.07 Å². The molecule has 0 saturated heterocycles. The van der Waals surface area contributed by atoms with Gasteiger partial charge < -0.3 is 24.3 Å². The summed E-state index contributed by atoms with van der Waals surface area (Å²) in [5.74, 6) is -0.999. The fourth-order valence-electron chi connectivity index (χ4n) is 1.48. The van der Waals surface area contributed by atoms with Crippen molar-refractivity contribution in [2.24, 2.45) is 0 Å². The van der Waals surface area contributed by atoms with E-state index in [0.29, 0.717) is 11.3 Å². The van der Waals surface area contributed by atoms with Crippen LogP contribution in [0.3, 0.4) is 0 Å². The Morgan fingerprint density at radius 1 is 1.56 bits per heavy atom. The molecule has 78 valence electrons. The summed E-state index contributed by atoms with van der Waals surface area (Å²) in [4.78, 5) is 10.9. The summed E-state index contributed by atoms with van der Waals surface area (Å²) >= 11 is 0. The zero-order valence-electron chi connectivity index (χ0n) is 9.02. The molecule has 1 aromatic rings. The maximum Gasteiger partial charge on any atom is 1.00 e. The van der Waals surface area contributed by atoms with E-state index in [2.05, 4.69) is 0 Å². The van der Waals surface area contributed by atoms with Crippen LogP contribution < -0.4 is 44.1 Å². The topological polar surface area (TPSA) is 78.8 Å². The first-order valence-corrected chi connectivity index (χ1v) is 4.42. The van der Waals surface area contributed by atoms with E-state index in [-0.39, 0.29) is 47.4 Å². The van der Waals surface area contributed by atoms with E-state index in [9.17, 15) is 14.9 Å². The Kier molecular flexibility index (Phi) is 4.26. The van der Waals surface area contributed by atoms with E-state index in [4.69, 9.17) is 9.39 Å². The van der Waals surface area contributed by atoms with E-state index in [0.717, 1.165) is 0 Å². The molecule has 0 radical (unpaired) electrons. The molecule has 0 spiro atoms. The molecular formula is C9H8BNaO5. The number of carbonyl (C=O) groups excluding carboxylic acids is 1.